The largest absolute Gasteiger partial charge is 0.508 e. The molecule has 2 spiro atoms. The maximum Gasteiger partial charge on any atom is 0.166 e. The Kier molecular flexibility index (Phi) is 6.19. The van der Waals surface area contributed by atoms with E-state index >= 15 is 0 Å². The zero-order valence-electron chi connectivity index (χ0n) is 28.3. The molecule has 0 aliphatic heterocycles. The summed E-state index contributed by atoms with van der Waals surface area (Å²) in [6.45, 7) is 0. The fourth-order valence-electron chi connectivity index (χ4n) is 9.99. The molecule has 6 aromatic rings. The van der Waals surface area contributed by atoms with Gasteiger partial charge in [0, 0.05) is 39.8 Å². The molecule has 6 N–H and O–H groups in total. The van der Waals surface area contributed by atoms with E-state index in [1.807, 2.05) is 0 Å². The van der Waals surface area contributed by atoms with Gasteiger partial charge in [-0.25, -0.2) is 0 Å². The number of phenols is 6. The Balaban J connectivity index is 1.20. The van der Waals surface area contributed by atoms with Gasteiger partial charge in [-0.05, 0) is 118 Å². The van der Waals surface area contributed by atoms with Gasteiger partial charge in [0.05, 0.1) is 10.8 Å². The van der Waals surface area contributed by atoms with Crippen molar-refractivity contribution in [3.05, 3.63) is 141 Å². The summed E-state index contributed by atoms with van der Waals surface area (Å²) < 4.78 is 0. The standard InChI is InChI=1S/C45H32O8/c46-32-13-5-24-7-15-38(52)44(18-28-34(48)9-1-22-2-10-35(49)29(19-44)40(22)28)42(24)26(32)17-27-33(47)14-6-25-8-16-39(53)45(43(25)27)20-30-36(50)11-3-23-4-12-37(51)31(21-45)41(23)30/h1-16,46-51H,17-21H2. The Labute approximate surface area is 302 Å². The molecule has 4 aliphatic carbocycles. The van der Waals surface area contributed by atoms with Crippen molar-refractivity contribution >= 4 is 45.3 Å². The predicted octanol–water partition coefficient (Wildman–Crippen LogP) is 7.08. The molecule has 53 heavy (non-hydrogen) atoms. The number of allylic oxidation sites excluding steroid dienone is 2. The highest BCUT2D eigenvalue weighted by atomic mass is 16.3. The van der Waals surface area contributed by atoms with Crippen molar-refractivity contribution in [3.63, 3.8) is 0 Å². The Morgan fingerprint density at radius 1 is 0.415 bits per heavy atom. The lowest BCUT2D eigenvalue weighted by Gasteiger charge is -2.42. The average Bonchev–Trinajstić information content (AvgIpc) is 3.15. The van der Waals surface area contributed by atoms with Crippen LogP contribution in [-0.2, 0) is 52.5 Å². The molecule has 0 unspecified atom stereocenters. The van der Waals surface area contributed by atoms with Crippen LogP contribution in [0.1, 0.15) is 55.6 Å². The lowest BCUT2D eigenvalue weighted by molar-refractivity contribution is -0.120. The molecular weight excluding hydrogens is 668 g/mol. The van der Waals surface area contributed by atoms with Gasteiger partial charge in [-0.15, -0.1) is 0 Å². The minimum absolute atomic E-state index is 0.00449. The summed E-state index contributed by atoms with van der Waals surface area (Å²) in [5.41, 5.74) is 2.56. The Morgan fingerprint density at radius 2 is 0.736 bits per heavy atom. The van der Waals surface area contributed by atoms with Gasteiger partial charge in [0.25, 0.3) is 0 Å². The van der Waals surface area contributed by atoms with E-state index in [0.717, 1.165) is 10.8 Å². The van der Waals surface area contributed by atoms with Crippen LogP contribution in [0.15, 0.2) is 84.9 Å². The van der Waals surface area contributed by atoms with Gasteiger partial charge in [-0.3, -0.25) is 9.59 Å². The topological polar surface area (TPSA) is 156 Å². The van der Waals surface area contributed by atoms with Crippen molar-refractivity contribution in [1.29, 1.82) is 0 Å². The monoisotopic (exact) mass is 700 g/mol. The number of rotatable bonds is 2. The molecule has 4 aliphatic rings. The molecule has 0 saturated carbocycles. The minimum Gasteiger partial charge on any atom is -0.508 e. The Morgan fingerprint density at radius 3 is 1.08 bits per heavy atom. The minimum atomic E-state index is -1.33. The van der Waals surface area contributed by atoms with E-state index in [9.17, 15) is 40.2 Å². The first-order valence-corrected chi connectivity index (χ1v) is 17.6. The van der Waals surface area contributed by atoms with Gasteiger partial charge in [0.15, 0.2) is 11.6 Å². The van der Waals surface area contributed by atoms with Crippen molar-refractivity contribution in [3.8, 4) is 34.5 Å². The van der Waals surface area contributed by atoms with Crippen LogP contribution >= 0.6 is 0 Å². The van der Waals surface area contributed by atoms with E-state index in [2.05, 4.69) is 0 Å². The van der Waals surface area contributed by atoms with Gasteiger partial charge in [0.2, 0.25) is 0 Å². The summed E-state index contributed by atoms with van der Waals surface area (Å²) >= 11 is 0. The van der Waals surface area contributed by atoms with E-state index in [-0.39, 0.29) is 78.2 Å². The van der Waals surface area contributed by atoms with Crippen molar-refractivity contribution < 1.29 is 40.2 Å². The summed E-state index contributed by atoms with van der Waals surface area (Å²) in [7, 11) is 0. The van der Waals surface area contributed by atoms with Crippen LogP contribution in [0.3, 0.4) is 0 Å². The predicted molar refractivity (Wildman–Crippen MR) is 200 cm³/mol. The molecule has 0 aromatic heterocycles. The molecule has 0 radical (unpaired) electrons. The highest BCUT2D eigenvalue weighted by molar-refractivity contribution is 6.10. The third-order valence-electron chi connectivity index (χ3n) is 12.3. The SMILES string of the molecule is O=C1C=Cc2ccc(O)c(Cc3c(O)ccc4c3C3(Cc5c(O)ccc6ccc(O)c(c56)C3)C(=O)C=C4)c2C12Cc1c(O)ccc3ccc(O)c(c13)C2. The number of ketones is 2. The zero-order chi connectivity index (χ0) is 36.6. The number of carbonyl (C=O) groups is 2. The lowest BCUT2D eigenvalue weighted by atomic mass is 9.59. The first-order valence-electron chi connectivity index (χ1n) is 17.6. The molecule has 6 aromatic carbocycles. The number of phenolic OH excluding ortho intramolecular Hbond substituents is 6. The Hall–Kier alpha value is -6.54. The van der Waals surface area contributed by atoms with E-state index in [4.69, 9.17) is 0 Å². The highest BCUT2D eigenvalue weighted by Crippen LogP contribution is 2.54. The smallest absolute Gasteiger partial charge is 0.166 e. The maximum atomic E-state index is 14.4. The second kappa shape index (κ2) is 10.5. The third-order valence-corrected chi connectivity index (χ3v) is 12.3. The molecule has 8 heteroatoms. The van der Waals surface area contributed by atoms with Crippen LogP contribution in [0.25, 0.3) is 33.7 Å². The molecular formula is C45H32O8. The number of benzene rings is 6. The first kappa shape index (κ1) is 31.2. The summed E-state index contributed by atoms with van der Waals surface area (Å²) in [5.74, 6) is -0.752. The summed E-state index contributed by atoms with van der Waals surface area (Å²) in [4.78, 5) is 28.8. The van der Waals surface area contributed by atoms with Crippen LogP contribution in [0, 0.1) is 0 Å². The lowest BCUT2D eigenvalue weighted by Crippen LogP contribution is -2.45. The van der Waals surface area contributed by atoms with Crippen LogP contribution in [0.5, 0.6) is 34.5 Å². The number of hydrogen-bond donors (Lipinski definition) is 6. The van der Waals surface area contributed by atoms with Crippen molar-refractivity contribution in [2.45, 2.75) is 42.9 Å². The number of aromatic hydroxyl groups is 6. The fourth-order valence-corrected chi connectivity index (χ4v) is 9.99. The molecule has 8 nitrogen and oxygen atoms in total. The van der Waals surface area contributed by atoms with Gasteiger partial charge in [-0.2, -0.15) is 0 Å². The van der Waals surface area contributed by atoms with Crippen LogP contribution in [0.2, 0.25) is 0 Å². The number of carbonyl (C=O) groups excluding carboxylic acids is 2. The first-order chi connectivity index (χ1) is 25.5. The molecule has 0 atom stereocenters. The van der Waals surface area contributed by atoms with Crippen molar-refractivity contribution in [1.82, 2.24) is 0 Å². The van der Waals surface area contributed by atoms with Crippen LogP contribution < -0.4 is 0 Å². The van der Waals surface area contributed by atoms with Crippen LogP contribution in [0.4, 0.5) is 0 Å². The van der Waals surface area contributed by atoms with E-state index in [0.29, 0.717) is 66.4 Å². The van der Waals surface area contributed by atoms with Crippen molar-refractivity contribution in [2.24, 2.45) is 0 Å². The van der Waals surface area contributed by atoms with Gasteiger partial charge >= 0.3 is 0 Å². The molecule has 0 bridgehead atoms. The molecule has 260 valence electrons. The third kappa shape index (κ3) is 4.06. The molecule has 0 fully saturated rings. The molecule has 10 rings (SSSR count). The number of hydrogen-bond acceptors (Lipinski definition) is 8. The maximum absolute atomic E-state index is 14.4. The van der Waals surface area contributed by atoms with Gasteiger partial charge in [0.1, 0.15) is 34.5 Å². The van der Waals surface area contributed by atoms with E-state index in [1.54, 1.807) is 84.9 Å². The Bertz CT molecular complexity index is 2490. The molecule has 0 heterocycles. The highest BCUT2D eigenvalue weighted by Gasteiger charge is 2.50. The van der Waals surface area contributed by atoms with Gasteiger partial charge in [-0.1, -0.05) is 48.6 Å². The molecule has 0 saturated heterocycles. The normalized spacial score (nSPS) is 17.1. The second-order valence-corrected chi connectivity index (χ2v) is 14.9. The van der Waals surface area contributed by atoms with Gasteiger partial charge < -0.3 is 30.6 Å². The summed E-state index contributed by atoms with van der Waals surface area (Å²) in [6.07, 6.45) is 6.73. The quantitative estimate of drug-likeness (QED) is 0.112. The molecule has 0 amide bonds. The second-order valence-electron chi connectivity index (χ2n) is 14.9. The van der Waals surface area contributed by atoms with E-state index < -0.39 is 10.8 Å². The fraction of sp³-hybridized carbons (Fsp3) is 0.156. The zero-order valence-corrected chi connectivity index (χ0v) is 28.3. The van der Waals surface area contributed by atoms with Crippen molar-refractivity contribution in [2.75, 3.05) is 0 Å². The van der Waals surface area contributed by atoms with E-state index in [1.165, 1.54) is 12.2 Å². The number of fused-ring (bicyclic) bond motifs is 4. The summed E-state index contributed by atoms with van der Waals surface area (Å²) in [5, 5.41) is 71.4. The van der Waals surface area contributed by atoms with Crippen LogP contribution in [-0.4, -0.2) is 42.2 Å². The average molecular weight is 701 g/mol. The summed E-state index contributed by atoms with van der Waals surface area (Å²) in [6, 6.07) is 20.0.